The average Bonchev–Trinajstić information content (AvgIpc) is 2.75. The first-order valence-corrected chi connectivity index (χ1v) is 7.84. The summed E-state index contributed by atoms with van der Waals surface area (Å²) in [6.07, 6.45) is 3.39. The quantitative estimate of drug-likeness (QED) is 0.929. The van der Waals surface area contributed by atoms with Crippen LogP contribution < -0.4 is 5.32 Å². The second-order valence-electron chi connectivity index (χ2n) is 5.48. The zero-order chi connectivity index (χ0) is 14.1. The zero-order valence-corrected chi connectivity index (χ0v) is 13.5. The molecular weight excluding hydrogens is 316 g/mol. The number of aryl methyl sites for hydroxylation is 3. The van der Waals surface area contributed by atoms with Gasteiger partial charge in [-0.25, -0.2) is 4.98 Å². The Morgan fingerprint density at radius 1 is 1.35 bits per heavy atom. The lowest BCUT2D eigenvalue weighted by Gasteiger charge is -2.25. The minimum atomic E-state index is 0.510. The maximum Gasteiger partial charge on any atom is 0.208 e. The number of hydrogen-bond donors (Lipinski definition) is 1. The van der Waals surface area contributed by atoms with E-state index >= 15 is 0 Å². The fourth-order valence-electron chi connectivity index (χ4n) is 2.74. The molecular formula is C16H19BrN2O. The van der Waals surface area contributed by atoms with Crippen LogP contribution in [0.15, 0.2) is 27.1 Å². The van der Waals surface area contributed by atoms with Crippen LogP contribution in [0.4, 0.5) is 0 Å². The van der Waals surface area contributed by atoms with E-state index in [1.54, 1.807) is 0 Å². The van der Waals surface area contributed by atoms with E-state index < -0.39 is 0 Å². The maximum atomic E-state index is 5.61. The first-order chi connectivity index (χ1) is 9.61. The third-order valence-corrected chi connectivity index (χ3v) is 4.50. The number of hydrogen-bond acceptors (Lipinski definition) is 3. The fraction of sp³-hybridized carbons (Fsp3) is 0.438. The summed E-state index contributed by atoms with van der Waals surface area (Å²) in [5.41, 5.74) is 3.91. The van der Waals surface area contributed by atoms with Gasteiger partial charge in [0.25, 0.3) is 0 Å². The van der Waals surface area contributed by atoms with E-state index in [2.05, 4.69) is 44.4 Å². The van der Waals surface area contributed by atoms with Crippen LogP contribution in [0.1, 0.15) is 34.9 Å². The molecule has 2 aromatic rings. The Balaban J connectivity index is 1.61. The number of nitrogens with zero attached hydrogens (tertiary/aromatic N) is 1. The fourth-order valence-corrected chi connectivity index (χ4v) is 3.15. The lowest BCUT2D eigenvalue weighted by Crippen LogP contribution is -2.34. The number of halogens is 1. The Morgan fingerprint density at radius 2 is 2.20 bits per heavy atom. The van der Waals surface area contributed by atoms with Crippen LogP contribution in [0.5, 0.6) is 0 Å². The summed E-state index contributed by atoms with van der Waals surface area (Å²) in [5, 5.41) is 3.57. The molecule has 0 radical (unpaired) electrons. The number of fused-ring (bicyclic) bond motifs is 1. The van der Waals surface area contributed by atoms with Crippen LogP contribution in [-0.4, -0.2) is 11.0 Å². The Hall–Kier alpha value is -1.13. The van der Waals surface area contributed by atoms with Crippen molar-refractivity contribution in [3.63, 3.8) is 0 Å². The molecule has 4 heteroatoms. The van der Waals surface area contributed by atoms with E-state index in [-0.39, 0.29) is 0 Å². The molecule has 1 aliphatic carbocycles. The highest BCUT2D eigenvalue weighted by atomic mass is 79.9. The molecule has 1 heterocycles. The molecule has 0 aliphatic heterocycles. The Labute approximate surface area is 127 Å². The molecule has 0 saturated heterocycles. The standard InChI is InChI=1S/C16H19BrN2O/c1-10-11(2)20-16(19-10)9-18-15-6-4-12-7-14(17)5-3-13(12)8-15/h3,5,7,15,18H,4,6,8-9H2,1-2H3. The van der Waals surface area contributed by atoms with E-state index in [0.29, 0.717) is 12.6 Å². The molecule has 0 spiro atoms. The van der Waals surface area contributed by atoms with Gasteiger partial charge in [-0.2, -0.15) is 0 Å². The Kier molecular flexibility index (Phi) is 3.94. The van der Waals surface area contributed by atoms with Crippen molar-refractivity contribution < 1.29 is 4.42 Å². The van der Waals surface area contributed by atoms with Gasteiger partial charge in [0, 0.05) is 10.5 Å². The first-order valence-electron chi connectivity index (χ1n) is 7.05. The SMILES string of the molecule is Cc1nc(CNC2CCc3cc(Br)ccc3C2)oc1C. The minimum absolute atomic E-state index is 0.510. The van der Waals surface area contributed by atoms with Crippen LogP contribution in [0, 0.1) is 13.8 Å². The van der Waals surface area contributed by atoms with Crippen LogP contribution >= 0.6 is 15.9 Å². The molecule has 3 rings (SSSR count). The molecule has 106 valence electrons. The number of aromatic nitrogens is 1. The molecule has 1 aromatic heterocycles. The van der Waals surface area contributed by atoms with Crippen molar-refractivity contribution in [2.45, 2.75) is 45.7 Å². The van der Waals surface area contributed by atoms with Crippen molar-refractivity contribution in [1.82, 2.24) is 10.3 Å². The van der Waals surface area contributed by atoms with Gasteiger partial charge in [0.1, 0.15) is 5.76 Å². The third kappa shape index (κ3) is 2.96. The van der Waals surface area contributed by atoms with Crippen molar-refractivity contribution >= 4 is 15.9 Å². The van der Waals surface area contributed by atoms with Gasteiger partial charge in [-0.3, -0.25) is 0 Å². The second-order valence-corrected chi connectivity index (χ2v) is 6.40. The van der Waals surface area contributed by atoms with Crippen LogP contribution in [0.25, 0.3) is 0 Å². The molecule has 3 nitrogen and oxygen atoms in total. The van der Waals surface area contributed by atoms with Gasteiger partial charge in [-0.05, 0) is 56.4 Å². The summed E-state index contributed by atoms with van der Waals surface area (Å²) in [5.74, 6) is 1.71. The lowest BCUT2D eigenvalue weighted by molar-refractivity contribution is 0.400. The van der Waals surface area contributed by atoms with Crippen LogP contribution in [0.3, 0.4) is 0 Å². The molecule has 0 fully saturated rings. The van der Waals surface area contributed by atoms with E-state index in [1.165, 1.54) is 22.0 Å². The normalized spacial score (nSPS) is 18.1. The number of nitrogens with one attached hydrogen (secondary N) is 1. The van der Waals surface area contributed by atoms with Gasteiger partial charge in [0.2, 0.25) is 5.89 Å². The van der Waals surface area contributed by atoms with Gasteiger partial charge in [-0.15, -0.1) is 0 Å². The monoisotopic (exact) mass is 334 g/mol. The molecule has 20 heavy (non-hydrogen) atoms. The number of oxazole rings is 1. The zero-order valence-electron chi connectivity index (χ0n) is 11.9. The Morgan fingerprint density at radius 3 is 2.95 bits per heavy atom. The molecule has 0 saturated carbocycles. The van der Waals surface area contributed by atoms with Crippen molar-refractivity contribution in [3.05, 3.63) is 51.1 Å². The van der Waals surface area contributed by atoms with Crippen LogP contribution in [0.2, 0.25) is 0 Å². The molecule has 1 unspecified atom stereocenters. The van der Waals surface area contributed by atoms with E-state index in [4.69, 9.17) is 4.42 Å². The van der Waals surface area contributed by atoms with Gasteiger partial charge < -0.3 is 9.73 Å². The predicted octanol–water partition coefficient (Wildman–Crippen LogP) is 3.70. The predicted molar refractivity (Wildman–Crippen MR) is 82.8 cm³/mol. The highest BCUT2D eigenvalue weighted by Gasteiger charge is 2.19. The molecule has 1 aromatic carbocycles. The number of benzene rings is 1. The topological polar surface area (TPSA) is 38.1 Å². The molecule has 0 amide bonds. The molecule has 1 atom stereocenters. The van der Waals surface area contributed by atoms with E-state index in [1.807, 2.05) is 13.8 Å². The van der Waals surface area contributed by atoms with Crippen molar-refractivity contribution in [3.8, 4) is 0 Å². The van der Waals surface area contributed by atoms with Crippen LogP contribution in [-0.2, 0) is 19.4 Å². The summed E-state index contributed by atoms with van der Waals surface area (Å²) in [4.78, 5) is 4.42. The summed E-state index contributed by atoms with van der Waals surface area (Å²) in [6, 6.07) is 7.11. The smallest absolute Gasteiger partial charge is 0.208 e. The summed E-state index contributed by atoms with van der Waals surface area (Å²) in [6.45, 7) is 4.66. The van der Waals surface area contributed by atoms with Gasteiger partial charge in [0.15, 0.2) is 0 Å². The third-order valence-electron chi connectivity index (χ3n) is 4.01. The molecule has 1 aliphatic rings. The van der Waals surface area contributed by atoms with Gasteiger partial charge >= 0.3 is 0 Å². The first kappa shape index (κ1) is 13.8. The second kappa shape index (κ2) is 5.70. The molecule has 1 N–H and O–H groups in total. The van der Waals surface area contributed by atoms with Crippen molar-refractivity contribution in [1.29, 1.82) is 0 Å². The van der Waals surface area contributed by atoms with Crippen molar-refractivity contribution in [2.24, 2.45) is 0 Å². The van der Waals surface area contributed by atoms with Gasteiger partial charge in [0.05, 0.1) is 12.2 Å². The lowest BCUT2D eigenvalue weighted by atomic mass is 9.88. The van der Waals surface area contributed by atoms with Gasteiger partial charge in [-0.1, -0.05) is 22.0 Å². The summed E-state index contributed by atoms with van der Waals surface area (Å²) < 4.78 is 6.79. The largest absolute Gasteiger partial charge is 0.444 e. The summed E-state index contributed by atoms with van der Waals surface area (Å²) in [7, 11) is 0. The minimum Gasteiger partial charge on any atom is -0.444 e. The average molecular weight is 335 g/mol. The van der Waals surface area contributed by atoms with Crippen molar-refractivity contribution in [2.75, 3.05) is 0 Å². The highest BCUT2D eigenvalue weighted by Crippen LogP contribution is 2.25. The number of rotatable bonds is 3. The van der Waals surface area contributed by atoms with E-state index in [0.717, 1.165) is 30.2 Å². The maximum absolute atomic E-state index is 5.61. The summed E-state index contributed by atoms with van der Waals surface area (Å²) >= 11 is 3.54. The highest BCUT2D eigenvalue weighted by molar-refractivity contribution is 9.10. The Bertz CT molecular complexity index is 601. The molecule has 0 bridgehead atoms. The van der Waals surface area contributed by atoms with E-state index in [9.17, 15) is 0 Å².